The van der Waals surface area contributed by atoms with E-state index in [1.165, 1.54) is 0 Å². The number of ether oxygens (including phenoxy) is 2. The van der Waals surface area contributed by atoms with Crippen molar-refractivity contribution >= 4 is 34.1 Å². The second kappa shape index (κ2) is 6.94. The molecule has 2 aromatic heterocycles. The Labute approximate surface area is 171 Å². The van der Waals surface area contributed by atoms with E-state index < -0.39 is 12.0 Å². The lowest BCUT2D eigenvalue weighted by Gasteiger charge is -2.15. The number of carbonyl (C=O) groups excluding carboxylic acids is 1. The SMILES string of the molecule is CC[C@H](Oc1cc2c3c(c1)nc(-c1ccc4oc(N)nc4c1)n3CCCO2)C(N)=O. The fourth-order valence-corrected chi connectivity index (χ4v) is 3.82. The number of nitrogens with two attached hydrogens (primary N) is 2. The van der Waals surface area contributed by atoms with Crippen LogP contribution in [0.4, 0.5) is 6.01 Å². The van der Waals surface area contributed by atoms with Gasteiger partial charge in [0.25, 0.3) is 11.9 Å². The van der Waals surface area contributed by atoms with Gasteiger partial charge in [-0.05, 0) is 31.0 Å². The number of hydrogen-bond donors (Lipinski definition) is 2. The van der Waals surface area contributed by atoms with Crippen molar-refractivity contribution in [2.75, 3.05) is 12.3 Å². The molecule has 1 aliphatic rings. The summed E-state index contributed by atoms with van der Waals surface area (Å²) in [7, 11) is 0. The second-order valence-corrected chi connectivity index (χ2v) is 7.23. The summed E-state index contributed by atoms with van der Waals surface area (Å²) < 4.78 is 19.3. The molecule has 2 aromatic carbocycles. The Kier molecular flexibility index (Phi) is 4.23. The van der Waals surface area contributed by atoms with Crippen molar-refractivity contribution in [2.24, 2.45) is 5.73 Å². The summed E-state index contributed by atoms with van der Waals surface area (Å²) in [4.78, 5) is 20.7. The predicted molar refractivity (Wildman–Crippen MR) is 111 cm³/mol. The zero-order chi connectivity index (χ0) is 20.8. The first-order chi connectivity index (χ1) is 14.5. The van der Waals surface area contributed by atoms with Crippen LogP contribution in [-0.2, 0) is 11.3 Å². The molecule has 0 saturated carbocycles. The largest absolute Gasteiger partial charge is 0.491 e. The van der Waals surface area contributed by atoms with Crippen LogP contribution in [0.25, 0.3) is 33.5 Å². The fourth-order valence-electron chi connectivity index (χ4n) is 3.82. The topological polar surface area (TPSA) is 131 Å². The number of imidazole rings is 1. The number of primary amides is 1. The zero-order valence-electron chi connectivity index (χ0n) is 16.4. The molecule has 0 unspecified atom stereocenters. The molecule has 154 valence electrons. The first kappa shape index (κ1) is 18.3. The lowest BCUT2D eigenvalue weighted by atomic mass is 10.2. The molecular formula is C21H21N5O4. The third-order valence-electron chi connectivity index (χ3n) is 5.19. The highest BCUT2D eigenvalue weighted by atomic mass is 16.5. The van der Waals surface area contributed by atoms with Crippen molar-refractivity contribution in [3.63, 3.8) is 0 Å². The van der Waals surface area contributed by atoms with Gasteiger partial charge in [-0.2, -0.15) is 4.98 Å². The number of aromatic nitrogens is 3. The van der Waals surface area contributed by atoms with Gasteiger partial charge in [-0.1, -0.05) is 6.92 Å². The number of aryl methyl sites for hydroxylation is 1. The molecule has 30 heavy (non-hydrogen) atoms. The number of hydrogen-bond acceptors (Lipinski definition) is 7. The van der Waals surface area contributed by atoms with Crippen molar-refractivity contribution in [1.29, 1.82) is 0 Å². The quantitative estimate of drug-likeness (QED) is 0.520. The van der Waals surface area contributed by atoms with Crippen molar-refractivity contribution in [3.8, 4) is 22.9 Å². The van der Waals surface area contributed by atoms with E-state index in [2.05, 4.69) is 9.55 Å². The van der Waals surface area contributed by atoms with Crippen LogP contribution in [0.5, 0.6) is 11.5 Å². The number of nitrogens with zero attached hydrogens (tertiary/aromatic N) is 3. The predicted octanol–water partition coefficient (Wildman–Crippen LogP) is 2.85. The summed E-state index contributed by atoms with van der Waals surface area (Å²) >= 11 is 0. The van der Waals surface area contributed by atoms with Gasteiger partial charge in [0.1, 0.15) is 28.4 Å². The maximum atomic E-state index is 11.6. The molecule has 9 heteroatoms. The molecule has 4 aromatic rings. The Bertz CT molecular complexity index is 1280. The number of benzene rings is 2. The minimum Gasteiger partial charge on any atom is -0.491 e. The summed E-state index contributed by atoms with van der Waals surface area (Å²) in [6, 6.07) is 9.41. The molecule has 0 saturated heterocycles. The van der Waals surface area contributed by atoms with E-state index >= 15 is 0 Å². The van der Waals surface area contributed by atoms with Crippen LogP contribution < -0.4 is 20.9 Å². The number of amides is 1. The summed E-state index contributed by atoms with van der Waals surface area (Å²) in [5.41, 5.74) is 14.9. The van der Waals surface area contributed by atoms with Crippen molar-refractivity contribution < 1.29 is 18.7 Å². The van der Waals surface area contributed by atoms with E-state index in [0.717, 1.165) is 35.4 Å². The van der Waals surface area contributed by atoms with Crippen LogP contribution in [0.1, 0.15) is 19.8 Å². The molecular weight excluding hydrogens is 386 g/mol. The molecule has 0 radical (unpaired) electrons. The number of rotatable bonds is 5. The van der Waals surface area contributed by atoms with E-state index in [0.29, 0.717) is 35.6 Å². The maximum absolute atomic E-state index is 11.6. The molecule has 9 nitrogen and oxygen atoms in total. The highest BCUT2D eigenvalue weighted by Gasteiger charge is 2.23. The minimum absolute atomic E-state index is 0.131. The lowest BCUT2D eigenvalue weighted by molar-refractivity contribution is -0.124. The molecule has 0 spiro atoms. The Hall–Kier alpha value is -3.75. The summed E-state index contributed by atoms with van der Waals surface area (Å²) in [6.45, 7) is 3.18. The van der Waals surface area contributed by atoms with Crippen LogP contribution in [0, 0.1) is 0 Å². The van der Waals surface area contributed by atoms with E-state index in [-0.39, 0.29) is 6.01 Å². The van der Waals surface area contributed by atoms with Gasteiger partial charge < -0.3 is 29.9 Å². The highest BCUT2D eigenvalue weighted by Crippen LogP contribution is 2.37. The third kappa shape index (κ3) is 2.99. The van der Waals surface area contributed by atoms with Crippen LogP contribution in [0.15, 0.2) is 34.7 Å². The number of carbonyl (C=O) groups is 1. The van der Waals surface area contributed by atoms with Gasteiger partial charge in [0.05, 0.1) is 12.1 Å². The van der Waals surface area contributed by atoms with Crippen LogP contribution >= 0.6 is 0 Å². The van der Waals surface area contributed by atoms with E-state index in [1.54, 1.807) is 6.07 Å². The van der Waals surface area contributed by atoms with Crippen LogP contribution in [-0.4, -0.2) is 33.2 Å². The smallest absolute Gasteiger partial charge is 0.292 e. The van der Waals surface area contributed by atoms with Gasteiger partial charge in [-0.25, -0.2) is 4.98 Å². The normalized spacial score (nSPS) is 14.4. The Morgan fingerprint density at radius 3 is 2.93 bits per heavy atom. The van der Waals surface area contributed by atoms with Crippen molar-refractivity contribution in [2.45, 2.75) is 32.4 Å². The van der Waals surface area contributed by atoms with Gasteiger partial charge in [0.15, 0.2) is 11.7 Å². The second-order valence-electron chi connectivity index (χ2n) is 7.23. The molecule has 3 heterocycles. The molecule has 0 fully saturated rings. The van der Waals surface area contributed by atoms with Gasteiger partial charge in [0, 0.05) is 24.2 Å². The summed E-state index contributed by atoms with van der Waals surface area (Å²) in [6.07, 6.45) is 0.604. The van der Waals surface area contributed by atoms with E-state index in [1.807, 2.05) is 31.2 Å². The molecule has 5 rings (SSSR count). The summed E-state index contributed by atoms with van der Waals surface area (Å²) in [5.74, 6) is 1.46. The highest BCUT2D eigenvalue weighted by molar-refractivity contribution is 5.89. The monoisotopic (exact) mass is 407 g/mol. The van der Waals surface area contributed by atoms with E-state index in [9.17, 15) is 4.79 Å². The third-order valence-corrected chi connectivity index (χ3v) is 5.19. The first-order valence-electron chi connectivity index (χ1n) is 9.83. The standard InChI is InChI=1S/C21H21N5O4/c1-2-15(19(22)27)29-12-9-14-18-17(10-12)28-7-3-6-26(18)20(24-14)11-4-5-16-13(8-11)25-21(23)30-16/h4-5,8-10,15H,2-3,6-7H2,1H3,(H2,22,27)(H2,23,25)/t15-/m0/s1. The molecule has 1 atom stereocenters. The number of oxazole rings is 1. The summed E-state index contributed by atoms with van der Waals surface area (Å²) in [5, 5.41) is 0. The fraction of sp³-hybridized carbons (Fsp3) is 0.286. The van der Waals surface area contributed by atoms with Gasteiger partial charge >= 0.3 is 0 Å². The molecule has 4 N–H and O–H groups in total. The molecule has 0 aliphatic carbocycles. The molecule has 0 bridgehead atoms. The van der Waals surface area contributed by atoms with Crippen molar-refractivity contribution in [1.82, 2.24) is 14.5 Å². The van der Waals surface area contributed by atoms with Gasteiger partial charge in [-0.15, -0.1) is 0 Å². The molecule has 1 aliphatic heterocycles. The number of fused-ring (bicyclic) bond motifs is 1. The Morgan fingerprint density at radius 1 is 1.27 bits per heavy atom. The van der Waals surface area contributed by atoms with Gasteiger partial charge in [0.2, 0.25) is 0 Å². The Balaban J connectivity index is 1.65. The maximum Gasteiger partial charge on any atom is 0.292 e. The van der Waals surface area contributed by atoms with Gasteiger partial charge in [-0.3, -0.25) is 4.79 Å². The van der Waals surface area contributed by atoms with Crippen molar-refractivity contribution in [3.05, 3.63) is 30.3 Å². The first-order valence-corrected chi connectivity index (χ1v) is 9.83. The minimum atomic E-state index is -0.706. The lowest BCUT2D eigenvalue weighted by Crippen LogP contribution is -2.32. The average Bonchev–Trinajstić information content (AvgIpc) is 3.19. The van der Waals surface area contributed by atoms with Crippen LogP contribution in [0.2, 0.25) is 0 Å². The molecule has 1 amide bonds. The zero-order valence-corrected chi connectivity index (χ0v) is 16.4. The number of nitrogen functional groups attached to an aromatic ring is 1. The average molecular weight is 407 g/mol. The van der Waals surface area contributed by atoms with E-state index in [4.69, 9.17) is 30.3 Å². The van der Waals surface area contributed by atoms with Crippen LogP contribution in [0.3, 0.4) is 0 Å². The number of anilines is 1. The Morgan fingerprint density at radius 2 is 2.13 bits per heavy atom.